The molecule has 0 spiro atoms. The Morgan fingerprint density at radius 1 is 0.267 bits per heavy atom. The van der Waals surface area contributed by atoms with Gasteiger partial charge in [0.05, 0.1) is 26.4 Å². The van der Waals surface area contributed by atoms with Crippen molar-refractivity contribution in [2.24, 2.45) is 11.8 Å². The molecule has 0 aromatic carbocycles. The number of rotatable bonds is 81. The lowest BCUT2D eigenvalue weighted by molar-refractivity contribution is -0.161. The minimum atomic E-state index is -4.96. The van der Waals surface area contributed by atoms with E-state index in [0.717, 1.165) is 102 Å². The highest BCUT2D eigenvalue weighted by Gasteiger charge is 2.30. The number of unbranched alkanes of at least 4 members (excludes halogenated alkanes) is 51. The minimum absolute atomic E-state index is 0.107. The zero-order chi connectivity index (χ0) is 74.2. The van der Waals surface area contributed by atoms with Crippen molar-refractivity contribution in [2.45, 2.75) is 452 Å². The molecule has 0 aliphatic heterocycles. The van der Waals surface area contributed by atoms with Gasteiger partial charge in [0.1, 0.15) is 19.3 Å². The van der Waals surface area contributed by atoms with Crippen LogP contribution >= 0.6 is 15.6 Å². The maximum Gasteiger partial charge on any atom is 0.472 e. The van der Waals surface area contributed by atoms with E-state index in [0.29, 0.717) is 25.7 Å². The highest BCUT2D eigenvalue weighted by Crippen LogP contribution is 2.45. The molecule has 0 rings (SSSR count). The monoisotopic (exact) mass is 1480 g/mol. The Morgan fingerprint density at radius 3 is 0.673 bits per heavy atom. The lowest BCUT2D eigenvalue weighted by Gasteiger charge is -2.21. The number of carbonyl (C=O) groups is 4. The molecule has 5 atom stereocenters. The average molecular weight is 1480 g/mol. The van der Waals surface area contributed by atoms with Crippen molar-refractivity contribution in [3.8, 4) is 0 Å². The van der Waals surface area contributed by atoms with Gasteiger partial charge in [-0.3, -0.25) is 37.3 Å². The molecule has 0 fully saturated rings. The van der Waals surface area contributed by atoms with Gasteiger partial charge in [0.25, 0.3) is 0 Å². The molecule has 101 heavy (non-hydrogen) atoms. The molecule has 0 bridgehead atoms. The number of phosphoric ester groups is 2. The number of aliphatic hydroxyl groups excluding tert-OH is 1. The van der Waals surface area contributed by atoms with Gasteiger partial charge in [-0.2, -0.15) is 0 Å². The number of ether oxygens (including phenoxy) is 4. The Hall–Kier alpha value is -1.94. The van der Waals surface area contributed by atoms with Crippen molar-refractivity contribution < 1.29 is 80.2 Å². The predicted octanol–water partition coefficient (Wildman–Crippen LogP) is 24.7. The summed E-state index contributed by atoms with van der Waals surface area (Å²) >= 11 is 0. The van der Waals surface area contributed by atoms with Gasteiger partial charge in [0, 0.05) is 25.7 Å². The topological polar surface area (TPSA) is 237 Å². The van der Waals surface area contributed by atoms with Crippen LogP contribution in [0.4, 0.5) is 0 Å². The van der Waals surface area contributed by atoms with Gasteiger partial charge in [-0.1, -0.05) is 382 Å². The molecule has 19 heteroatoms. The van der Waals surface area contributed by atoms with Crippen molar-refractivity contribution in [3.63, 3.8) is 0 Å². The van der Waals surface area contributed by atoms with E-state index in [1.807, 2.05) is 0 Å². The molecule has 0 radical (unpaired) electrons. The fraction of sp³-hybridized carbons (Fsp3) is 0.951. The summed E-state index contributed by atoms with van der Waals surface area (Å²) in [7, 11) is -9.91. The molecule has 0 saturated carbocycles. The first-order chi connectivity index (χ1) is 48.9. The van der Waals surface area contributed by atoms with Crippen LogP contribution in [-0.4, -0.2) is 96.7 Å². The normalized spacial score (nSPS) is 13.9. The fourth-order valence-electron chi connectivity index (χ4n) is 12.7. The summed E-state index contributed by atoms with van der Waals surface area (Å²) in [6.45, 7) is 9.68. The number of aliphatic hydroxyl groups is 1. The van der Waals surface area contributed by atoms with Gasteiger partial charge in [-0.15, -0.1) is 0 Å². The molecule has 0 saturated heterocycles. The SMILES string of the molecule is CCCCCCCCCCCCC(=O)O[C@H](COC(=O)CCCCCCCCCCC)COP(=O)(O)OC[C@H](O)COP(=O)(O)OC[C@@H](COC(=O)CCCCCCCCCCCCCCCCCCCCC(C)C)OC(=O)CCCCCCCCCCCCCCCCCCCCC(C)C. The van der Waals surface area contributed by atoms with Crippen molar-refractivity contribution in [2.75, 3.05) is 39.6 Å². The second-order valence-corrected chi connectivity index (χ2v) is 33.4. The maximum absolute atomic E-state index is 13.1. The fourth-order valence-corrected chi connectivity index (χ4v) is 14.3. The minimum Gasteiger partial charge on any atom is -0.462 e. The van der Waals surface area contributed by atoms with Gasteiger partial charge in [-0.25, -0.2) is 9.13 Å². The molecular weight excluding hydrogens is 1320 g/mol. The molecule has 0 aliphatic rings. The van der Waals surface area contributed by atoms with Crippen LogP contribution in [0.3, 0.4) is 0 Å². The zero-order valence-corrected chi connectivity index (χ0v) is 68.0. The van der Waals surface area contributed by atoms with E-state index in [1.54, 1.807) is 0 Å². The van der Waals surface area contributed by atoms with E-state index < -0.39 is 97.5 Å². The van der Waals surface area contributed by atoms with E-state index >= 15 is 0 Å². The lowest BCUT2D eigenvalue weighted by atomic mass is 10.0. The van der Waals surface area contributed by atoms with Crippen LogP contribution in [0.1, 0.15) is 433 Å². The summed E-state index contributed by atoms with van der Waals surface area (Å²) in [4.78, 5) is 72.9. The summed E-state index contributed by atoms with van der Waals surface area (Å²) in [6.07, 6.45) is 64.0. The van der Waals surface area contributed by atoms with E-state index in [2.05, 4.69) is 41.5 Å². The van der Waals surface area contributed by atoms with Crippen LogP contribution in [0.15, 0.2) is 0 Å². The molecule has 0 aliphatic carbocycles. The van der Waals surface area contributed by atoms with Crippen LogP contribution < -0.4 is 0 Å². The first-order valence-electron chi connectivity index (χ1n) is 42.5. The standard InChI is InChI=1S/C82H160O17P2/c1-7-9-11-13-15-17-41-48-54-60-66-81(86)98-77(70-92-79(84)64-58-52-46-38-16-14-12-10-8-2)72-96-100(88,89)94-68-76(83)69-95-101(90,91)97-73-78(99-82(87)67-61-55-49-43-37-33-29-25-21-19-23-27-31-35-40-45-51-57-63-75(5)6)71-93-80(85)65-59-53-47-42-36-32-28-24-20-18-22-26-30-34-39-44-50-56-62-74(3)4/h74-78,83H,7-73H2,1-6H3,(H,88,89)(H,90,91)/t76-,77+,78+/m0/s1. The molecular formula is C82H160O17P2. The van der Waals surface area contributed by atoms with E-state index in [4.69, 9.17) is 37.0 Å². The Balaban J connectivity index is 5.16. The van der Waals surface area contributed by atoms with Gasteiger partial charge in [0.15, 0.2) is 12.2 Å². The highest BCUT2D eigenvalue weighted by atomic mass is 31.2. The second kappa shape index (κ2) is 73.6. The summed E-state index contributed by atoms with van der Waals surface area (Å²) < 4.78 is 68.6. The summed E-state index contributed by atoms with van der Waals surface area (Å²) in [6, 6.07) is 0. The lowest BCUT2D eigenvalue weighted by Crippen LogP contribution is -2.30. The molecule has 0 aromatic rings. The zero-order valence-electron chi connectivity index (χ0n) is 66.2. The van der Waals surface area contributed by atoms with Crippen molar-refractivity contribution in [1.82, 2.24) is 0 Å². The van der Waals surface area contributed by atoms with Gasteiger partial charge < -0.3 is 33.8 Å². The number of phosphoric acid groups is 2. The molecule has 0 heterocycles. The predicted molar refractivity (Wildman–Crippen MR) is 414 cm³/mol. The Bertz CT molecular complexity index is 1940. The molecule has 3 N–H and O–H groups in total. The number of hydrogen-bond acceptors (Lipinski definition) is 15. The number of esters is 4. The van der Waals surface area contributed by atoms with Crippen molar-refractivity contribution >= 4 is 39.5 Å². The molecule has 0 amide bonds. The Morgan fingerprint density at radius 2 is 0.455 bits per heavy atom. The van der Waals surface area contributed by atoms with Gasteiger partial charge >= 0.3 is 39.5 Å². The van der Waals surface area contributed by atoms with Crippen LogP contribution in [0.5, 0.6) is 0 Å². The Labute approximate surface area is 619 Å². The third-order valence-corrected chi connectivity index (χ3v) is 21.1. The maximum atomic E-state index is 13.1. The first-order valence-corrected chi connectivity index (χ1v) is 45.5. The van der Waals surface area contributed by atoms with Crippen LogP contribution in [0, 0.1) is 11.8 Å². The summed E-state index contributed by atoms with van der Waals surface area (Å²) in [5.74, 6) is -0.466. The van der Waals surface area contributed by atoms with Gasteiger partial charge in [0.2, 0.25) is 0 Å². The largest absolute Gasteiger partial charge is 0.472 e. The summed E-state index contributed by atoms with van der Waals surface area (Å²) in [5.41, 5.74) is 0. The summed E-state index contributed by atoms with van der Waals surface area (Å²) in [5, 5.41) is 10.6. The molecule has 17 nitrogen and oxygen atoms in total. The molecule has 600 valence electrons. The third kappa shape index (κ3) is 76.1. The third-order valence-electron chi connectivity index (χ3n) is 19.2. The number of hydrogen-bond donors (Lipinski definition) is 3. The smallest absolute Gasteiger partial charge is 0.462 e. The Kier molecular flexibility index (Phi) is 72.2. The van der Waals surface area contributed by atoms with E-state index in [9.17, 15) is 43.2 Å². The van der Waals surface area contributed by atoms with E-state index in [-0.39, 0.29) is 25.7 Å². The molecule has 0 aromatic heterocycles. The van der Waals surface area contributed by atoms with E-state index in [1.165, 1.54) is 250 Å². The van der Waals surface area contributed by atoms with Crippen LogP contribution in [-0.2, 0) is 65.4 Å². The highest BCUT2D eigenvalue weighted by molar-refractivity contribution is 7.47. The van der Waals surface area contributed by atoms with Crippen LogP contribution in [0.25, 0.3) is 0 Å². The number of carbonyl (C=O) groups excluding carboxylic acids is 4. The van der Waals surface area contributed by atoms with Crippen LogP contribution in [0.2, 0.25) is 0 Å². The second-order valence-electron chi connectivity index (χ2n) is 30.5. The first kappa shape index (κ1) is 99.1. The van der Waals surface area contributed by atoms with Crippen molar-refractivity contribution in [3.05, 3.63) is 0 Å². The average Bonchev–Trinajstić information content (AvgIpc) is 0.940. The quantitative estimate of drug-likeness (QED) is 0.0222. The van der Waals surface area contributed by atoms with Gasteiger partial charge in [-0.05, 0) is 37.5 Å². The van der Waals surface area contributed by atoms with Crippen molar-refractivity contribution in [1.29, 1.82) is 0 Å². The molecule has 2 unspecified atom stereocenters.